The van der Waals surface area contributed by atoms with Crippen molar-refractivity contribution in [2.24, 2.45) is 0 Å². The van der Waals surface area contributed by atoms with Crippen LogP contribution in [-0.2, 0) is 0 Å². The number of fused-ring (bicyclic) bond motifs is 1. The molecule has 2 rings (SSSR count). The summed E-state index contributed by atoms with van der Waals surface area (Å²) < 4.78 is 0.988. The van der Waals surface area contributed by atoms with Gasteiger partial charge in [-0.1, -0.05) is 0 Å². The molecule has 0 spiro atoms. The molecule has 0 bridgehead atoms. The largest absolute Gasteiger partial charge is 0.360 e. The van der Waals surface area contributed by atoms with Crippen molar-refractivity contribution in [1.29, 1.82) is 5.26 Å². The minimum absolute atomic E-state index is 0.703. The molecule has 3 heteroatoms. The summed E-state index contributed by atoms with van der Waals surface area (Å²) in [7, 11) is 0. The van der Waals surface area contributed by atoms with Gasteiger partial charge in [0.25, 0.3) is 0 Å². The van der Waals surface area contributed by atoms with E-state index in [0.717, 1.165) is 15.4 Å². The number of nitriles is 1. The molecule has 0 fully saturated rings. The molecule has 0 amide bonds. The van der Waals surface area contributed by atoms with Crippen LogP contribution in [-0.4, -0.2) is 4.98 Å². The Morgan fingerprint density at radius 1 is 1.33 bits per heavy atom. The highest BCUT2D eigenvalue weighted by Crippen LogP contribution is 2.24. The van der Waals surface area contributed by atoms with Gasteiger partial charge in [-0.15, -0.1) is 0 Å². The summed E-state index contributed by atoms with van der Waals surface area (Å²) in [5.41, 5.74) is 1.68. The summed E-state index contributed by atoms with van der Waals surface area (Å²) in [5.74, 6) is 0. The van der Waals surface area contributed by atoms with E-state index >= 15 is 0 Å². The van der Waals surface area contributed by atoms with Crippen molar-refractivity contribution in [3.8, 4) is 6.07 Å². The molecule has 58 valence electrons. The number of nitrogens with zero attached hydrogens (tertiary/aromatic N) is 1. The van der Waals surface area contributed by atoms with Gasteiger partial charge in [-0.3, -0.25) is 0 Å². The van der Waals surface area contributed by atoms with Gasteiger partial charge in [-0.25, -0.2) is 0 Å². The van der Waals surface area contributed by atoms with E-state index in [9.17, 15) is 0 Å². The first-order valence-electron chi connectivity index (χ1n) is 3.48. The van der Waals surface area contributed by atoms with E-state index in [1.807, 2.05) is 18.3 Å². The number of H-pyrrole nitrogens is 1. The number of halogens is 1. The van der Waals surface area contributed by atoms with Crippen molar-refractivity contribution < 1.29 is 0 Å². The van der Waals surface area contributed by atoms with Gasteiger partial charge in [-0.2, -0.15) is 5.26 Å². The van der Waals surface area contributed by atoms with Gasteiger partial charge in [0.1, 0.15) is 0 Å². The van der Waals surface area contributed by atoms with Crippen LogP contribution in [0.2, 0.25) is 0 Å². The molecule has 1 aromatic heterocycles. The Morgan fingerprint density at radius 2 is 2.17 bits per heavy atom. The Bertz CT molecular complexity index is 465. The lowest BCUT2D eigenvalue weighted by molar-refractivity contribution is 1.46. The van der Waals surface area contributed by atoms with Crippen LogP contribution < -0.4 is 0 Å². The molecule has 12 heavy (non-hydrogen) atoms. The smallest absolute Gasteiger partial charge is 0.0998 e. The van der Waals surface area contributed by atoms with E-state index in [1.165, 1.54) is 0 Å². The van der Waals surface area contributed by atoms with Crippen LogP contribution in [0.25, 0.3) is 10.9 Å². The van der Waals surface area contributed by atoms with E-state index in [2.05, 4.69) is 27.0 Å². The second-order valence-electron chi connectivity index (χ2n) is 2.47. The van der Waals surface area contributed by atoms with E-state index < -0.39 is 0 Å². The number of nitrogens with one attached hydrogen (secondary N) is 1. The Kier molecular flexibility index (Phi) is 1.63. The van der Waals surface area contributed by atoms with E-state index in [1.54, 1.807) is 6.07 Å². The van der Waals surface area contributed by atoms with E-state index in [0.29, 0.717) is 5.56 Å². The van der Waals surface area contributed by atoms with Crippen molar-refractivity contribution in [3.05, 3.63) is 34.4 Å². The van der Waals surface area contributed by atoms with Crippen molar-refractivity contribution in [3.63, 3.8) is 0 Å². The molecule has 0 saturated carbocycles. The van der Waals surface area contributed by atoms with E-state index in [4.69, 9.17) is 5.26 Å². The number of aromatic amines is 1. The summed E-state index contributed by atoms with van der Waals surface area (Å²) in [5, 5.41) is 9.73. The average Bonchev–Trinajstić information content (AvgIpc) is 2.54. The molecule has 0 unspecified atom stereocenters. The fourth-order valence-corrected chi connectivity index (χ4v) is 1.68. The molecule has 0 aliphatic carbocycles. The van der Waals surface area contributed by atoms with Gasteiger partial charge < -0.3 is 4.98 Å². The molecule has 1 N–H and O–H groups in total. The molecule has 0 atom stereocenters. The number of hydrogen-bond acceptors (Lipinski definition) is 1. The molecule has 0 radical (unpaired) electrons. The third-order valence-electron chi connectivity index (χ3n) is 1.79. The Labute approximate surface area is 77.9 Å². The summed E-state index contributed by atoms with van der Waals surface area (Å²) in [6, 6.07) is 7.72. The zero-order valence-electron chi connectivity index (χ0n) is 6.13. The van der Waals surface area contributed by atoms with Crippen molar-refractivity contribution in [2.75, 3.05) is 0 Å². The Hall–Kier alpha value is -1.27. The molecule has 0 saturated heterocycles. The van der Waals surface area contributed by atoms with Crippen molar-refractivity contribution >= 4 is 26.8 Å². The van der Waals surface area contributed by atoms with Crippen LogP contribution in [0.15, 0.2) is 28.9 Å². The third-order valence-corrected chi connectivity index (χ3v) is 2.45. The fourth-order valence-electron chi connectivity index (χ4n) is 1.22. The molecule has 1 heterocycles. The maximum Gasteiger partial charge on any atom is 0.0998 e. The third kappa shape index (κ3) is 0.926. The van der Waals surface area contributed by atoms with Gasteiger partial charge >= 0.3 is 0 Å². The highest BCUT2D eigenvalue weighted by Gasteiger charge is 2.03. The lowest BCUT2D eigenvalue weighted by Gasteiger charge is -1.95. The lowest BCUT2D eigenvalue weighted by atomic mass is 10.1. The topological polar surface area (TPSA) is 39.6 Å². The van der Waals surface area contributed by atoms with Crippen LogP contribution in [0.5, 0.6) is 0 Å². The number of aromatic nitrogens is 1. The number of hydrogen-bond donors (Lipinski definition) is 1. The minimum Gasteiger partial charge on any atom is -0.360 e. The van der Waals surface area contributed by atoms with E-state index in [-0.39, 0.29) is 0 Å². The first-order valence-corrected chi connectivity index (χ1v) is 4.28. The molecule has 0 aliphatic heterocycles. The van der Waals surface area contributed by atoms with Gasteiger partial charge in [0, 0.05) is 16.1 Å². The summed E-state index contributed by atoms with van der Waals surface area (Å²) in [4.78, 5) is 3.06. The SMILES string of the molecule is N#Cc1ccc(Br)c2[nH]ccc12. The first kappa shape index (κ1) is 7.38. The van der Waals surface area contributed by atoms with Crippen LogP contribution in [0, 0.1) is 11.3 Å². The van der Waals surface area contributed by atoms with Crippen molar-refractivity contribution in [2.45, 2.75) is 0 Å². The zero-order valence-corrected chi connectivity index (χ0v) is 7.72. The molecule has 2 nitrogen and oxygen atoms in total. The maximum atomic E-state index is 8.77. The van der Waals surface area contributed by atoms with Gasteiger partial charge in [-0.05, 0) is 34.1 Å². The lowest BCUT2D eigenvalue weighted by Crippen LogP contribution is -1.76. The zero-order chi connectivity index (χ0) is 8.55. The maximum absolute atomic E-state index is 8.77. The highest BCUT2D eigenvalue weighted by atomic mass is 79.9. The summed E-state index contributed by atoms with van der Waals surface area (Å²) in [6.45, 7) is 0. The number of rotatable bonds is 0. The molecular formula is C9H5BrN2. The minimum atomic E-state index is 0.703. The summed E-state index contributed by atoms with van der Waals surface area (Å²) in [6.07, 6.45) is 1.83. The predicted octanol–water partition coefficient (Wildman–Crippen LogP) is 2.80. The Balaban J connectivity index is 2.94. The monoisotopic (exact) mass is 220 g/mol. The normalized spacial score (nSPS) is 10.0. The van der Waals surface area contributed by atoms with Crippen LogP contribution in [0.1, 0.15) is 5.56 Å². The first-order chi connectivity index (χ1) is 5.83. The second-order valence-corrected chi connectivity index (χ2v) is 3.33. The second kappa shape index (κ2) is 2.65. The molecular weight excluding hydrogens is 216 g/mol. The van der Waals surface area contributed by atoms with Crippen LogP contribution in [0.4, 0.5) is 0 Å². The number of benzene rings is 1. The molecule has 2 aromatic rings. The Morgan fingerprint density at radius 3 is 2.92 bits per heavy atom. The van der Waals surface area contributed by atoms with Crippen molar-refractivity contribution in [1.82, 2.24) is 4.98 Å². The van der Waals surface area contributed by atoms with Gasteiger partial charge in [0.05, 0.1) is 17.1 Å². The standard InChI is InChI=1S/C9H5BrN2/c10-8-2-1-6(5-11)7-3-4-12-9(7)8/h1-4,12H. The predicted molar refractivity (Wildman–Crippen MR) is 50.7 cm³/mol. The highest BCUT2D eigenvalue weighted by molar-refractivity contribution is 9.10. The van der Waals surface area contributed by atoms with Gasteiger partial charge in [0.2, 0.25) is 0 Å². The van der Waals surface area contributed by atoms with Crippen LogP contribution in [0.3, 0.4) is 0 Å². The molecule has 0 aliphatic rings. The average molecular weight is 221 g/mol. The fraction of sp³-hybridized carbons (Fsp3) is 0. The quantitative estimate of drug-likeness (QED) is 0.729. The van der Waals surface area contributed by atoms with Gasteiger partial charge in [0.15, 0.2) is 0 Å². The summed E-state index contributed by atoms with van der Waals surface area (Å²) >= 11 is 3.40. The molecule has 1 aromatic carbocycles. The van der Waals surface area contributed by atoms with Crippen LogP contribution >= 0.6 is 15.9 Å².